The van der Waals surface area contributed by atoms with E-state index in [0.717, 1.165) is 16.6 Å². The zero-order valence-corrected chi connectivity index (χ0v) is 16.9. The van der Waals surface area contributed by atoms with E-state index in [1.165, 1.54) is 11.0 Å². The summed E-state index contributed by atoms with van der Waals surface area (Å²) in [5, 5.41) is 4.32. The Labute approximate surface area is 181 Å². The first-order chi connectivity index (χ1) is 15.6. The van der Waals surface area contributed by atoms with Crippen molar-refractivity contribution in [2.75, 3.05) is 11.5 Å². The van der Waals surface area contributed by atoms with E-state index in [1.807, 2.05) is 12.3 Å². The number of benzene rings is 2. The molecule has 2 aliphatic rings. The Morgan fingerprint density at radius 3 is 2.78 bits per heavy atom. The number of carbonyl (C=O) groups excluding carboxylic acids is 2. The van der Waals surface area contributed by atoms with E-state index in [1.54, 1.807) is 41.5 Å². The first-order valence-corrected chi connectivity index (χ1v) is 10.3. The lowest BCUT2D eigenvalue weighted by molar-refractivity contribution is -0.126. The summed E-state index contributed by atoms with van der Waals surface area (Å²) in [5.74, 6) is -0.197. The summed E-state index contributed by atoms with van der Waals surface area (Å²) in [5.41, 5.74) is 3.99. The van der Waals surface area contributed by atoms with Gasteiger partial charge in [-0.3, -0.25) is 14.4 Å². The first-order valence-electron chi connectivity index (χ1n) is 10.3. The minimum absolute atomic E-state index is 0.0593. The number of Topliss-reactive ketones (excluding diaryl/α,β-unsaturated/α-hetero) is 1. The molecule has 6 rings (SSSR count). The second-order valence-electron chi connectivity index (χ2n) is 8.11. The molecule has 1 amide bonds. The standard InChI is InChI=1S/C23H18FN5O3/c24-19-5-13(14-9-27-28(10-14)16-6-17(30)7-16)1-3-18(19)22-11-32-23(31)29(22)15-2-4-20-21(8-15)26-12-25-20/h1-5,8-10,12,16,22H,6-7,11H2,(H,25,26)/t22-/m1/s1. The fourth-order valence-electron chi connectivity index (χ4n) is 4.33. The van der Waals surface area contributed by atoms with Crippen LogP contribution in [0, 0.1) is 5.82 Å². The summed E-state index contributed by atoms with van der Waals surface area (Å²) in [6.07, 6.45) is 5.55. The molecule has 9 heteroatoms. The summed E-state index contributed by atoms with van der Waals surface area (Å²) in [4.78, 5) is 32.4. The highest BCUT2D eigenvalue weighted by Gasteiger charge is 2.37. The Bertz CT molecular complexity index is 1370. The minimum atomic E-state index is -0.583. The molecule has 1 aliphatic heterocycles. The molecule has 32 heavy (non-hydrogen) atoms. The number of carbonyl (C=O) groups is 2. The average Bonchev–Trinajstić information content (AvgIpc) is 3.50. The van der Waals surface area contributed by atoms with Crippen molar-refractivity contribution in [2.24, 2.45) is 0 Å². The Morgan fingerprint density at radius 1 is 1.09 bits per heavy atom. The molecule has 4 aromatic rings. The highest BCUT2D eigenvalue weighted by atomic mass is 19.1. The molecule has 1 N–H and O–H groups in total. The summed E-state index contributed by atoms with van der Waals surface area (Å²) in [6.45, 7) is 0.0593. The van der Waals surface area contributed by atoms with E-state index in [4.69, 9.17) is 4.74 Å². The van der Waals surface area contributed by atoms with E-state index < -0.39 is 18.0 Å². The molecular formula is C23H18FN5O3. The minimum Gasteiger partial charge on any atom is -0.447 e. The van der Waals surface area contributed by atoms with Gasteiger partial charge in [-0.25, -0.2) is 14.2 Å². The van der Waals surface area contributed by atoms with E-state index in [0.29, 0.717) is 29.7 Å². The van der Waals surface area contributed by atoms with Gasteiger partial charge in [-0.1, -0.05) is 12.1 Å². The molecule has 0 radical (unpaired) electrons. The van der Waals surface area contributed by atoms with Crippen molar-refractivity contribution >= 4 is 28.6 Å². The van der Waals surface area contributed by atoms with Gasteiger partial charge >= 0.3 is 6.09 Å². The fraction of sp³-hybridized carbons (Fsp3) is 0.217. The van der Waals surface area contributed by atoms with E-state index in [9.17, 15) is 9.59 Å². The summed E-state index contributed by atoms with van der Waals surface area (Å²) < 4.78 is 22.2. The summed E-state index contributed by atoms with van der Waals surface area (Å²) in [7, 11) is 0. The van der Waals surface area contributed by atoms with Crippen molar-refractivity contribution < 1.29 is 18.7 Å². The van der Waals surface area contributed by atoms with Crippen LogP contribution < -0.4 is 4.90 Å². The monoisotopic (exact) mass is 431 g/mol. The van der Waals surface area contributed by atoms with Crippen LogP contribution in [-0.2, 0) is 9.53 Å². The lowest BCUT2D eigenvalue weighted by Gasteiger charge is -2.24. The maximum atomic E-state index is 15.2. The zero-order chi connectivity index (χ0) is 21.8. The first kappa shape index (κ1) is 18.7. The van der Waals surface area contributed by atoms with Crippen molar-refractivity contribution in [2.45, 2.75) is 24.9 Å². The van der Waals surface area contributed by atoms with Gasteiger partial charge in [-0.2, -0.15) is 5.10 Å². The highest BCUT2D eigenvalue weighted by Crippen LogP contribution is 2.36. The summed E-state index contributed by atoms with van der Waals surface area (Å²) in [6, 6.07) is 9.82. The van der Waals surface area contributed by atoms with Crippen LogP contribution in [0.4, 0.5) is 14.9 Å². The number of hydrogen-bond acceptors (Lipinski definition) is 5. The predicted molar refractivity (Wildman–Crippen MR) is 114 cm³/mol. The van der Waals surface area contributed by atoms with Gasteiger partial charge in [-0.05, 0) is 29.8 Å². The second kappa shape index (κ2) is 7.01. The number of ether oxygens (including phenoxy) is 1. The average molecular weight is 431 g/mol. The number of nitrogens with one attached hydrogen (secondary N) is 1. The van der Waals surface area contributed by atoms with E-state index >= 15 is 4.39 Å². The number of aromatic nitrogens is 4. The molecule has 1 aliphatic carbocycles. The SMILES string of the molecule is O=C1CC(n2cc(-c3ccc([C@H]4COC(=O)N4c4ccc5nc[nH]c5c4)c(F)c3)cn2)C1. The Kier molecular flexibility index (Phi) is 4.11. The third-order valence-electron chi connectivity index (χ3n) is 6.15. The van der Waals surface area contributed by atoms with Gasteiger partial charge in [0.05, 0.1) is 35.3 Å². The largest absolute Gasteiger partial charge is 0.447 e. The lowest BCUT2D eigenvalue weighted by atomic mass is 9.92. The maximum absolute atomic E-state index is 15.2. The van der Waals surface area contributed by atoms with Gasteiger partial charge in [0.2, 0.25) is 0 Å². The molecule has 2 aromatic heterocycles. The number of H-pyrrole nitrogens is 1. The number of ketones is 1. The third-order valence-corrected chi connectivity index (χ3v) is 6.15. The molecular weight excluding hydrogens is 413 g/mol. The molecule has 160 valence electrons. The molecule has 2 aromatic carbocycles. The Hall–Kier alpha value is -4.01. The number of fused-ring (bicyclic) bond motifs is 1. The Morgan fingerprint density at radius 2 is 1.97 bits per heavy atom. The van der Waals surface area contributed by atoms with Crippen LogP contribution in [0.3, 0.4) is 0 Å². The number of hydrogen-bond donors (Lipinski definition) is 1. The summed E-state index contributed by atoms with van der Waals surface area (Å²) >= 11 is 0. The third kappa shape index (κ3) is 2.96. The molecule has 8 nitrogen and oxygen atoms in total. The number of rotatable bonds is 4. The maximum Gasteiger partial charge on any atom is 0.415 e. The van der Waals surface area contributed by atoms with Crippen LogP contribution in [0.25, 0.3) is 22.2 Å². The van der Waals surface area contributed by atoms with E-state index in [-0.39, 0.29) is 18.4 Å². The van der Waals surface area contributed by atoms with E-state index in [2.05, 4.69) is 15.1 Å². The molecule has 2 fully saturated rings. The van der Waals surface area contributed by atoms with Crippen LogP contribution in [0.2, 0.25) is 0 Å². The number of amides is 1. The van der Waals surface area contributed by atoms with Crippen LogP contribution >= 0.6 is 0 Å². The molecule has 0 bridgehead atoms. The lowest BCUT2D eigenvalue weighted by Crippen LogP contribution is -2.27. The molecule has 1 saturated carbocycles. The fourth-order valence-corrected chi connectivity index (χ4v) is 4.33. The van der Waals surface area contributed by atoms with Crippen molar-refractivity contribution in [3.05, 3.63) is 66.5 Å². The number of cyclic esters (lactones) is 1. The number of imidazole rings is 1. The predicted octanol–water partition coefficient (Wildman–Crippen LogP) is 4.17. The van der Waals surface area contributed by atoms with Crippen LogP contribution in [0.15, 0.2) is 55.1 Å². The number of halogens is 1. The van der Waals surface area contributed by atoms with Gasteiger partial charge in [-0.15, -0.1) is 0 Å². The van der Waals surface area contributed by atoms with Gasteiger partial charge in [0.1, 0.15) is 24.2 Å². The molecule has 1 saturated heterocycles. The van der Waals surface area contributed by atoms with Crippen molar-refractivity contribution in [3.8, 4) is 11.1 Å². The smallest absolute Gasteiger partial charge is 0.415 e. The number of anilines is 1. The van der Waals surface area contributed by atoms with Gasteiger partial charge in [0.15, 0.2) is 0 Å². The van der Waals surface area contributed by atoms with Gasteiger partial charge in [0, 0.05) is 30.2 Å². The van der Waals surface area contributed by atoms with Crippen LogP contribution in [0.5, 0.6) is 0 Å². The van der Waals surface area contributed by atoms with Crippen molar-refractivity contribution in [1.82, 2.24) is 19.7 Å². The topological polar surface area (TPSA) is 93.1 Å². The molecule has 1 atom stereocenters. The normalized spacial score (nSPS) is 18.9. The quantitative estimate of drug-likeness (QED) is 0.524. The van der Waals surface area contributed by atoms with Gasteiger partial charge < -0.3 is 9.72 Å². The molecule has 0 spiro atoms. The van der Waals surface area contributed by atoms with Gasteiger partial charge in [0.25, 0.3) is 0 Å². The second-order valence-corrected chi connectivity index (χ2v) is 8.11. The van der Waals surface area contributed by atoms with Crippen molar-refractivity contribution in [3.63, 3.8) is 0 Å². The number of nitrogens with zero attached hydrogens (tertiary/aromatic N) is 4. The molecule has 0 unspecified atom stereocenters. The number of aromatic amines is 1. The molecule has 3 heterocycles. The Balaban J connectivity index is 1.30. The van der Waals surface area contributed by atoms with Crippen LogP contribution in [-0.4, -0.2) is 38.2 Å². The zero-order valence-electron chi connectivity index (χ0n) is 16.9. The highest BCUT2D eigenvalue weighted by molar-refractivity contribution is 5.93. The van der Waals surface area contributed by atoms with Crippen LogP contribution in [0.1, 0.15) is 30.5 Å². The van der Waals surface area contributed by atoms with Crippen molar-refractivity contribution in [1.29, 1.82) is 0 Å².